The van der Waals surface area contributed by atoms with Gasteiger partial charge in [-0.1, -0.05) is 12.1 Å². The fourth-order valence-corrected chi connectivity index (χ4v) is 3.75. The molecule has 9 heteroatoms. The van der Waals surface area contributed by atoms with Gasteiger partial charge < -0.3 is 15.4 Å². The maximum absolute atomic E-state index is 12.3. The van der Waals surface area contributed by atoms with Gasteiger partial charge in [0.15, 0.2) is 5.65 Å². The van der Waals surface area contributed by atoms with Crippen molar-refractivity contribution in [2.45, 2.75) is 26.7 Å². The van der Waals surface area contributed by atoms with Crippen LogP contribution in [-0.4, -0.2) is 40.2 Å². The number of amides is 2. The van der Waals surface area contributed by atoms with Crippen LogP contribution >= 0.6 is 15.9 Å². The van der Waals surface area contributed by atoms with E-state index < -0.39 is 0 Å². The molecule has 2 amide bonds. The molecule has 0 aliphatic rings. The van der Waals surface area contributed by atoms with E-state index >= 15 is 0 Å². The Labute approximate surface area is 183 Å². The number of pyridine rings is 1. The number of halogens is 1. The number of anilines is 1. The molecule has 158 valence electrons. The van der Waals surface area contributed by atoms with Crippen LogP contribution in [-0.2, 0) is 23.1 Å². The number of nitrogens with one attached hydrogen (secondary N) is 2. The van der Waals surface area contributed by atoms with Gasteiger partial charge in [0, 0.05) is 23.6 Å². The monoisotopic (exact) mass is 473 g/mol. The largest absolute Gasteiger partial charge is 0.479 e. The first-order valence-electron chi connectivity index (χ1n) is 9.49. The first-order valence-corrected chi connectivity index (χ1v) is 10.3. The van der Waals surface area contributed by atoms with Crippen LogP contribution in [0.3, 0.4) is 0 Å². The van der Waals surface area contributed by atoms with Crippen molar-refractivity contribution in [3.63, 3.8) is 0 Å². The zero-order valence-electron chi connectivity index (χ0n) is 17.4. The van der Waals surface area contributed by atoms with Gasteiger partial charge in [0.1, 0.15) is 0 Å². The summed E-state index contributed by atoms with van der Waals surface area (Å²) in [6.45, 7) is 3.82. The lowest BCUT2D eigenvalue weighted by atomic mass is 10.00. The molecule has 1 aromatic carbocycles. The summed E-state index contributed by atoms with van der Waals surface area (Å²) >= 11 is 3.38. The third kappa shape index (κ3) is 4.62. The third-order valence-electron chi connectivity index (χ3n) is 4.91. The highest BCUT2D eigenvalue weighted by molar-refractivity contribution is 9.10. The van der Waals surface area contributed by atoms with Crippen molar-refractivity contribution >= 4 is 44.5 Å². The predicted molar refractivity (Wildman–Crippen MR) is 119 cm³/mol. The Kier molecular flexibility index (Phi) is 6.71. The lowest BCUT2D eigenvalue weighted by Gasteiger charge is -2.12. The lowest BCUT2D eigenvalue weighted by Crippen LogP contribution is -2.33. The standard InChI is InChI=1S/C21H24BrN5O3/c1-12-14(13(2)24-20-19(12)21(30-4)26-27(20)3)9-10-17(28)23-11-18(29)25-16-8-6-5-7-15(16)22/h5-8H,9-11H2,1-4H3,(H,23,28)(H,25,29). The number of aromatic nitrogens is 3. The Bertz CT molecular complexity index is 1110. The van der Waals surface area contributed by atoms with Gasteiger partial charge in [0.05, 0.1) is 24.7 Å². The number of fused-ring (bicyclic) bond motifs is 1. The number of hydrogen-bond acceptors (Lipinski definition) is 5. The minimum atomic E-state index is -0.286. The minimum Gasteiger partial charge on any atom is -0.479 e. The fraction of sp³-hybridized carbons (Fsp3) is 0.333. The summed E-state index contributed by atoms with van der Waals surface area (Å²) in [4.78, 5) is 29.0. The zero-order valence-corrected chi connectivity index (χ0v) is 19.0. The van der Waals surface area contributed by atoms with E-state index in [1.807, 2.05) is 39.1 Å². The number of methoxy groups -OCH3 is 1. The number of hydrogen-bond donors (Lipinski definition) is 2. The van der Waals surface area contributed by atoms with E-state index in [0.29, 0.717) is 18.0 Å². The van der Waals surface area contributed by atoms with Gasteiger partial charge in [-0.25, -0.2) is 9.67 Å². The second kappa shape index (κ2) is 9.25. The molecule has 0 fully saturated rings. The molecule has 0 unspecified atom stereocenters. The van der Waals surface area contributed by atoms with Crippen molar-refractivity contribution in [1.29, 1.82) is 0 Å². The Hall–Kier alpha value is -2.94. The van der Waals surface area contributed by atoms with E-state index in [2.05, 4.69) is 36.6 Å². The average Bonchev–Trinajstić information content (AvgIpc) is 3.03. The molecule has 0 aliphatic carbocycles. The maximum Gasteiger partial charge on any atom is 0.243 e. The van der Waals surface area contributed by atoms with Crippen LogP contribution in [0.1, 0.15) is 23.2 Å². The highest BCUT2D eigenvalue weighted by atomic mass is 79.9. The summed E-state index contributed by atoms with van der Waals surface area (Å²) in [6, 6.07) is 7.30. The maximum atomic E-state index is 12.3. The number of para-hydroxylation sites is 1. The molecule has 0 atom stereocenters. The summed E-state index contributed by atoms with van der Waals surface area (Å²) in [6.07, 6.45) is 0.760. The van der Waals surface area contributed by atoms with E-state index in [0.717, 1.165) is 32.3 Å². The molecule has 2 aromatic heterocycles. The molecular weight excluding hydrogens is 450 g/mol. The van der Waals surface area contributed by atoms with Crippen LogP contribution < -0.4 is 15.4 Å². The van der Waals surface area contributed by atoms with Crippen molar-refractivity contribution in [3.8, 4) is 5.88 Å². The SMILES string of the molecule is COc1nn(C)c2nc(C)c(CCC(=O)NCC(=O)Nc3ccccc3Br)c(C)c12. The topological polar surface area (TPSA) is 98.1 Å². The molecule has 0 spiro atoms. The van der Waals surface area contributed by atoms with Crippen LogP contribution in [0.2, 0.25) is 0 Å². The van der Waals surface area contributed by atoms with E-state index in [4.69, 9.17) is 4.74 Å². The molecule has 2 heterocycles. The molecule has 0 bridgehead atoms. The van der Waals surface area contributed by atoms with Crippen LogP contribution in [0.25, 0.3) is 11.0 Å². The summed E-state index contributed by atoms with van der Waals surface area (Å²) in [7, 11) is 3.40. The van der Waals surface area contributed by atoms with Gasteiger partial charge in [0.2, 0.25) is 17.7 Å². The van der Waals surface area contributed by atoms with Crippen LogP contribution in [0.4, 0.5) is 5.69 Å². The Morgan fingerprint density at radius 1 is 1.20 bits per heavy atom. The van der Waals surface area contributed by atoms with E-state index in [1.54, 1.807) is 17.9 Å². The normalized spacial score (nSPS) is 10.8. The van der Waals surface area contributed by atoms with Gasteiger partial charge in [-0.15, -0.1) is 5.10 Å². The number of ether oxygens (including phenoxy) is 1. The van der Waals surface area contributed by atoms with Gasteiger partial charge in [-0.3, -0.25) is 9.59 Å². The molecule has 0 aliphatic heterocycles. The Balaban J connectivity index is 1.61. The molecule has 8 nitrogen and oxygen atoms in total. The summed E-state index contributed by atoms with van der Waals surface area (Å²) < 4.78 is 7.84. The number of rotatable bonds is 7. The van der Waals surface area contributed by atoms with Crippen molar-refractivity contribution in [2.75, 3.05) is 19.0 Å². The van der Waals surface area contributed by atoms with Gasteiger partial charge in [-0.05, 0) is 59.5 Å². The van der Waals surface area contributed by atoms with E-state index in [1.165, 1.54) is 0 Å². The van der Waals surface area contributed by atoms with E-state index in [-0.39, 0.29) is 24.8 Å². The molecule has 2 N–H and O–H groups in total. The quantitative estimate of drug-likeness (QED) is 0.549. The number of carbonyl (C=O) groups excluding carboxylic acids is 2. The van der Waals surface area contributed by atoms with Gasteiger partial charge in [-0.2, -0.15) is 0 Å². The van der Waals surface area contributed by atoms with Crippen molar-refractivity contribution in [2.24, 2.45) is 7.05 Å². The highest BCUT2D eigenvalue weighted by Crippen LogP contribution is 2.30. The molecule has 0 saturated carbocycles. The Morgan fingerprint density at radius 2 is 1.93 bits per heavy atom. The number of nitrogens with zero attached hydrogens (tertiary/aromatic N) is 3. The smallest absolute Gasteiger partial charge is 0.243 e. The second-order valence-electron chi connectivity index (χ2n) is 6.94. The van der Waals surface area contributed by atoms with Crippen molar-refractivity contribution in [1.82, 2.24) is 20.1 Å². The van der Waals surface area contributed by atoms with Crippen LogP contribution in [0, 0.1) is 13.8 Å². The first-order chi connectivity index (χ1) is 14.3. The van der Waals surface area contributed by atoms with Crippen molar-refractivity contribution in [3.05, 3.63) is 45.6 Å². The highest BCUT2D eigenvalue weighted by Gasteiger charge is 2.18. The van der Waals surface area contributed by atoms with Crippen molar-refractivity contribution < 1.29 is 14.3 Å². The predicted octanol–water partition coefficient (Wildman–Crippen LogP) is 3.04. The lowest BCUT2D eigenvalue weighted by molar-refractivity contribution is -0.124. The minimum absolute atomic E-state index is 0.0914. The third-order valence-corrected chi connectivity index (χ3v) is 5.60. The van der Waals surface area contributed by atoms with E-state index in [9.17, 15) is 9.59 Å². The number of carbonyl (C=O) groups is 2. The molecule has 3 rings (SSSR count). The summed E-state index contributed by atoms with van der Waals surface area (Å²) in [5.74, 6) is 0.0343. The zero-order chi connectivity index (χ0) is 21.8. The fourth-order valence-electron chi connectivity index (χ4n) is 3.37. The average molecular weight is 474 g/mol. The van der Waals surface area contributed by atoms with Gasteiger partial charge in [0.25, 0.3) is 0 Å². The number of aryl methyl sites for hydroxylation is 3. The molecule has 0 saturated heterocycles. The number of benzene rings is 1. The Morgan fingerprint density at radius 3 is 2.63 bits per heavy atom. The van der Waals surface area contributed by atoms with Gasteiger partial charge >= 0.3 is 0 Å². The second-order valence-corrected chi connectivity index (χ2v) is 7.79. The van der Waals surface area contributed by atoms with Crippen LogP contribution in [0.15, 0.2) is 28.7 Å². The first kappa shape index (κ1) is 21.8. The molecular formula is C21H24BrN5O3. The molecule has 0 radical (unpaired) electrons. The summed E-state index contributed by atoms with van der Waals surface area (Å²) in [5.41, 5.74) is 4.25. The van der Waals surface area contributed by atoms with Crippen LogP contribution in [0.5, 0.6) is 5.88 Å². The molecule has 30 heavy (non-hydrogen) atoms. The molecule has 3 aromatic rings. The summed E-state index contributed by atoms with van der Waals surface area (Å²) in [5, 5.41) is 10.6.